The number of rotatable bonds is 42. The molecule has 13 amide bonds. The molecule has 95 heavy (non-hydrogen) atoms. The number of carbonyl (C=O) groups is 13. The van der Waals surface area contributed by atoms with Crippen LogP contribution in [-0.2, 0) is 75.2 Å². The molecule has 32 heteroatoms. The molecule has 0 aromatic heterocycles. The number of primary amides is 3. The van der Waals surface area contributed by atoms with E-state index in [4.69, 9.17) is 40.1 Å². The molecule has 0 fully saturated rings. The van der Waals surface area contributed by atoms with E-state index in [0.29, 0.717) is 36.1 Å². The zero-order valence-corrected chi connectivity index (χ0v) is 54.8. The number of benzene rings is 2. The molecule has 0 radical (unpaired) electrons. The van der Waals surface area contributed by atoms with Crippen LogP contribution in [-0.4, -0.2) is 198 Å². The Balaban J connectivity index is 1.57. The fourth-order valence-electron chi connectivity index (χ4n) is 10.4. The topological polar surface area (TPSA) is 519 Å². The monoisotopic (exact) mass is 1340 g/mol. The molecule has 2 heterocycles. The highest BCUT2D eigenvalue weighted by atomic mass is 32.2. The number of carbonyl (C=O) groups excluding carboxylic acids is 13. The number of nitrogens with one attached hydrogen (secondary N) is 8. The number of hydrogen-bond donors (Lipinski definition) is 15. The van der Waals surface area contributed by atoms with Crippen LogP contribution in [0.3, 0.4) is 0 Å². The number of hydrogen-bond acceptors (Lipinski definition) is 17. The maximum absolute atomic E-state index is 14.7. The smallest absolute Gasteiger partial charge is 0.247 e. The van der Waals surface area contributed by atoms with Crippen LogP contribution < -0.4 is 82.7 Å². The van der Waals surface area contributed by atoms with E-state index in [1.54, 1.807) is 66.7 Å². The van der Waals surface area contributed by atoms with Crippen LogP contribution in [0.2, 0.25) is 0 Å². The minimum absolute atomic E-state index is 0.0630. The lowest BCUT2D eigenvalue weighted by Gasteiger charge is -2.32. The Labute approximate surface area is 556 Å². The maximum atomic E-state index is 14.7. The van der Waals surface area contributed by atoms with Crippen LogP contribution in [0.5, 0.6) is 0 Å². The van der Waals surface area contributed by atoms with Crippen molar-refractivity contribution in [2.75, 3.05) is 44.7 Å². The summed E-state index contributed by atoms with van der Waals surface area (Å²) < 4.78 is 0. The summed E-state index contributed by atoms with van der Waals surface area (Å²) in [6, 6.07) is 3.86. The molecule has 2 aromatic rings. The molecule has 2 aliphatic rings. The van der Waals surface area contributed by atoms with Crippen LogP contribution in [0.4, 0.5) is 0 Å². The lowest BCUT2D eigenvalue weighted by atomic mass is 10.0. The van der Waals surface area contributed by atoms with Crippen molar-refractivity contribution in [3.8, 4) is 0 Å². The van der Waals surface area contributed by atoms with Crippen molar-refractivity contribution < 1.29 is 62.3 Å². The zero-order valence-electron chi connectivity index (χ0n) is 54.0. The lowest BCUT2D eigenvalue weighted by Crippen LogP contribution is -2.60. The highest BCUT2D eigenvalue weighted by Gasteiger charge is 2.40. The lowest BCUT2D eigenvalue weighted by molar-refractivity contribution is -0.143. The van der Waals surface area contributed by atoms with E-state index in [1.165, 1.54) is 34.9 Å². The first-order chi connectivity index (χ1) is 45.2. The number of nitrogens with zero attached hydrogens (tertiary/aromatic N) is 3. The third-order valence-corrected chi connectivity index (χ3v) is 16.0. The molecule has 31 nitrogen and oxygen atoms in total. The molecule has 520 valence electrons. The summed E-state index contributed by atoms with van der Waals surface area (Å²) in [7, 11) is 0. The summed E-state index contributed by atoms with van der Waals surface area (Å²) in [6.07, 6.45) is 7.61. The molecule has 0 bridgehead atoms. The van der Waals surface area contributed by atoms with Crippen molar-refractivity contribution in [1.29, 1.82) is 0 Å². The number of nitrogens with two attached hydrogens (primary N) is 7. The first-order valence-electron chi connectivity index (χ1n) is 31.5. The van der Waals surface area contributed by atoms with Crippen LogP contribution >= 0.6 is 11.8 Å². The molecule has 4 rings (SSSR count). The van der Waals surface area contributed by atoms with Crippen LogP contribution in [0.1, 0.15) is 95.6 Å². The van der Waals surface area contributed by atoms with Gasteiger partial charge in [-0.05, 0) is 93.4 Å². The van der Waals surface area contributed by atoms with E-state index in [1.807, 2.05) is 20.1 Å². The summed E-state index contributed by atoms with van der Waals surface area (Å²) >= 11 is 1.45. The summed E-state index contributed by atoms with van der Waals surface area (Å²) in [6.45, 7) is 3.42. The normalized spacial score (nSPS) is 16.5. The molecule has 0 saturated carbocycles. The minimum atomic E-state index is -1.66. The molecular formula is C63H94N18O13S. The van der Waals surface area contributed by atoms with Gasteiger partial charge in [0.2, 0.25) is 76.8 Å². The second kappa shape index (κ2) is 40.6. The largest absolute Gasteiger partial charge is 0.370 e. The van der Waals surface area contributed by atoms with E-state index in [-0.39, 0.29) is 76.6 Å². The van der Waals surface area contributed by atoms with Gasteiger partial charge in [-0.3, -0.25) is 67.3 Å². The number of unbranched alkanes of at least 4 members (excludes halogenated alkanes) is 1. The number of guanidine groups is 1. The van der Waals surface area contributed by atoms with Gasteiger partial charge >= 0.3 is 0 Å². The van der Waals surface area contributed by atoms with E-state index in [0.717, 1.165) is 4.90 Å². The van der Waals surface area contributed by atoms with Gasteiger partial charge in [0.05, 0.1) is 12.6 Å². The molecule has 0 spiro atoms. The zero-order chi connectivity index (χ0) is 70.1. The Bertz CT molecular complexity index is 3060. The van der Waals surface area contributed by atoms with Gasteiger partial charge in [-0.1, -0.05) is 98.8 Å². The fraction of sp³-hybridized carbons (Fsp3) is 0.524. The van der Waals surface area contributed by atoms with Crippen molar-refractivity contribution in [1.82, 2.24) is 52.3 Å². The second-order valence-electron chi connectivity index (χ2n) is 23.5. The van der Waals surface area contributed by atoms with E-state index in [9.17, 15) is 62.3 Å². The maximum Gasteiger partial charge on any atom is 0.247 e. The summed E-state index contributed by atoms with van der Waals surface area (Å²) in [4.78, 5) is 184. The van der Waals surface area contributed by atoms with Gasteiger partial charge < -0.3 is 92.5 Å². The van der Waals surface area contributed by atoms with Gasteiger partial charge in [-0.15, -0.1) is 0 Å². The Hall–Kier alpha value is -9.43. The first kappa shape index (κ1) is 78.0. The number of aliphatic imine (C=N–C) groups is 1. The average molecular weight is 1340 g/mol. The van der Waals surface area contributed by atoms with E-state index in [2.05, 4.69) is 47.5 Å². The Kier molecular flexibility index (Phi) is 33.4. The minimum Gasteiger partial charge on any atom is -0.370 e. The van der Waals surface area contributed by atoms with E-state index >= 15 is 0 Å². The van der Waals surface area contributed by atoms with Gasteiger partial charge in [0, 0.05) is 45.3 Å². The predicted molar refractivity (Wildman–Crippen MR) is 355 cm³/mol. The summed E-state index contributed by atoms with van der Waals surface area (Å²) in [5, 5.41) is 20.9. The molecule has 0 unspecified atom stereocenters. The number of thioether (sulfide) groups is 1. The molecule has 0 saturated heterocycles. The van der Waals surface area contributed by atoms with Gasteiger partial charge in [0.15, 0.2) is 5.96 Å². The third-order valence-electron chi connectivity index (χ3n) is 15.4. The highest BCUT2D eigenvalue weighted by Crippen LogP contribution is 2.19. The standard InChI is InChI=1S/C63H94N18O13S/c1-37(2)33-45(57(89)74-41(53(68)85)27-32-95-3)73-52(84)36-72-54(86)46(34-38-15-6-4-7-16-38)78-58(90)47(35-39-17-8-5-9-18-39)79-56(88)42(23-25-50(66)82)75-55(87)43(24-26-51(67)83)76-59(91)49-22-14-31-81(49)62(94)44(20-10-11-28-64)77-60(92)48-21-13-30-80(48)61(93)40(65)19-12-29-71-63(69)70/h4-9,13-18,21-22,37,40-49H,10-12,19-20,23-36,64-65H2,1-3H3,(H2,66,82)(H2,67,83)(H2,68,85)(H,72,86)(H,73,84)(H,74,89)(H,75,87)(H,76,91)(H,77,92)(H,78,90)(H,79,88)(H4,69,70,71)/t40-,41-,42-,43-,44-,45-,46-,47-,48-,49-/m0/s1. The Morgan fingerprint density at radius 2 is 1.01 bits per heavy atom. The molecular weight excluding hydrogens is 1250 g/mol. The van der Waals surface area contributed by atoms with Crippen molar-refractivity contribution >= 4 is 94.5 Å². The Morgan fingerprint density at radius 3 is 1.51 bits per heavy atom. The van der Waals surface area contributed by atoms with Gasteiger partial charge in [-0.2, -0.15) is 11.8 Å². The second-order valence-corrected chi connectivity index (χ2v) is 24.5. The van der Waals surface area contributed by atoms with Crippen LogP contribution in [0, 0.1) is 5.92 Å². The van der Waals surface area contributed by atoms with Crippen molar-refractivity contribution in [2.24, 2.45) is 51.0 Å². The van der Waals surface area contributed by atoms with Crippen LogP contribution in [0.25, 0.3) is 0 Å². The molecule has 2 aliphatic heterocycles. The van der Waals surface area contributed by atoms with Crippen molar-refractivity contribution in [3.63, 3.8) is 0 Å². The molecule has 22 N–H and O–H groups in total. The highest BCUT2D eigenvalue weighted by molar-refractivity contribution is 7.98. The third kappa shape index (κ3) is 27.2. The molecule has 10 atom stereocenters. The fourth-order valence-corrected chi connectivity index (χ4v) is 10.8. The van der Waals surface area contributed by atoms with E-state index < -0.39 is 169 Å². The first-order valence-corrected chi connectivity index (χ1v) is 32.9. The van der Waals surface area contributed by atoms with Gasteiger partial charge in [-0.25, -0.2) is 0 Å². The predicted octanol–water partition coefficient (Wildman–Crippen LogP) is -4.16. The van der Waals surface area contributed by atoms with Gasteiger partial charge in [0.1, 0.15) is 54.4 Å². The van der Waals surface area contributed by atoms with Crippen molar-refractivity contribution in [2.45, 2.75) is 158 Å². The summed E-state index contributed by atoms with van der Waals surface area (Å²) in [5.41, 5.74) is 40.5. The van der Waals surface area contributed by atoms with Gasteiger partial charge in [0.25, 0.3) is 0 Å². The molecule has 0 aliphatic carbocycles. The average Bonchev–Trinajstić information content (AvgIpc) is 1.74. The quantitative estimate of drug-likeness (QED) is 0.0130. The Morgan fingerprint density at radius 1 is 0.537 bits per heavy atom. The SMILES string of the molecule is CSCC[C@H](NC(=O)[C@H](CC(C)C)NC(=O)CNC(=O)[C@H](Cc1ccccc1)NC(=O)[C@H](Cc1ccccc1)NC(=O)[C@H](CCC(N)=O)NC(=O)[C@H](CCC(N)=O)NC(=O)[C@@H]1C=CCN1C(=O)[C@H](CCCCN)NC(=O)[C@@H]1C=CCN1C(=O)[C@@H](N)CCCN=C(N)N)C(N)=O. The van der Waals surface area contributed by atoms with Crippen molar-refractivity contribution in [3.05, 3.63) is 96.1 Å². The van der Waals surface area contributed by atoms with Crippen LogP contribution in [0.15, 0.2) is 90.0 Å². The number of amides is 13. The summed E-state index contributed by atoms with van der Waals surface area (Å²) in [5.74, 6) is -10.3. The molecule has 2 aromatic carbocycles.